The van der Waals surface area contributed by atoms with Crippen molar-refractivity contribution >= 4 is 56.7 Å². The number of methoxy groups -OCH3 is 1. The molecule has 0 saturated heterocycles. The molecule has 0 unspecified atom stereocenters. The Morgan fingerprint density at radius 2 is 1.89 bits per heavy atom. The van der Waals surface area contributed by atoms with Crippen LogP contribution in [0.25, 0.3) is 16.8 Å². The van der Waals surface area contributed by atoms with E-state index in [2.05, 4.69) is 27.6 Å². The predicted molar refractivity (Wildman–Crippen MR) is 150 cm³/mol. The summed E-state index contributed by atoms with van der Waals surface area (Å²) in [5.41, 5.74) is 2.29. The molecule has 182 valence electrons. The molecule has 1 aromatic heterocycles. The second kappa shape index (κ2) is 10.0. The molecule has 3 aromatic carbocycles. The molecule has 1 atom stereocenters. The number of hydrogen-bond acceptors (Lipinski definition) is 6. The van der Waals surface area contributed by atoms with Crippen molar-refractivity contribution in [2.75, 3.05) is 13.7 Å². The molecule has 5 rings (SSSR count). The lowest BCUT2D eigenvalue weighted by Gasteiger charge is -2.27. The van der Waals surface area contributed by atoms with Crippen LogP contribution in [0, 0.1) is 3.57 Å². The zero-order valence-corrected chi connectivity index (χ0v) is 22.9. The van der Waals surface area contributed by atoms with Crippen molar-refractivity contribution in [2.45, 2.75) is 19.9 Å². The average molecular weight is 610 g/mol. The Morgan fingerprint density at radius 3 is 2.61 bits per heavy atom. The maximum absolute atomic E-state index is 13.9. The highest BCUT2D eigenvalue weighted by molar-refractivity contribution is 14.1. The molecule has 2 heterocycles. The Kier molecular flexibility index (Phi) is 6.81. The van der Waals surface area contributed by atoms with Crippen molar-refractivity contribution in [3.05, 3.63) is 106 Å². The average Bonchev–Trinajstić information content (AvgIpc) is 3.18. The lowest BCUT2D eigenvalue weighted by atomic mass is 9.90. The van der Waals surface area contributed by atoms with Crippen LogP contribution in [-0.4, -0.2) is 24.3 Å². The number of allylic oxidation sites excluding steroid dienone is 1. The molecule has 8 heteroatoms. The number of carbonyl (C=O) groups excluding carboxylic acids is 1. The maximum atomic E-state index is 13.9. The van der Waals surface area contributed by atoms with E-state index in [1.54, 1.807) is 25.5 Å². The standard InChI is InChI=1S/C28H23IN2O4S/c1-4-35-27(33)23-16(2)30-28-31(26(32)22(36-28)15-17-9-12-19(29)13-10-17)25(23)24-20-8-6-5-7-18(20)11-14-21(24)34-3/h5-15,25H,4H2,1-3H3/t25-/m0/s1. The van der Waals surface area contributed by atoms with Crippen molar-refractivity contribution in [3.8, 4) is 5.75 Å². The molecule has 0 N–H and O–H groups in total. The van der Waals surface area contributed by atoms with Gasteiger partial charge in [-0.3, -0.25) is 9.36 Å². The number of halogens is 1. The van der Waals surface area contributed by atoms with E-state index in [1.165, 1.54) is 11.3 Å². The van der Waals surface area contributed by atoms with Crippen LogP contribution in [0.2, 0.25) is 0 Å². The SMILES string of the molecule is CCOC(=O)C1=C(C)N=c2sc(=Cc3ccc(I)cc3)c(=O)n2[C@@H]1c1c(OC)ccc2ccccc12. The molecule has 0 amide bonds. The lowest BCUT2D eigenvalue weighted by Crippen LogP contribution is -2.40. The van der Waals surface area contributed by atoms with E-state index in [0.717, 1.165) is 25.5 Å². The normalized spacial score (nSPS) is 15.6. The molecule has 1 aliphatic rings. The molecule has 0 radical (unpaired) electrons. The number of benzene rings is 3. The second-order valence-corrected chi connectivity index (χ2v) is 10.5. The first-order chi connectivity index (χ1) is 17.4. The van der Waals surface area contributed by atoms with Gasteiger partial charge in [-0.15, -0.1) is 0 Å². The van der Waals surface area contributed by atoms with Crippen molar-refractivity contribution in [2.24, 2.45) is 4.99 Å². The van der Waals surface area contributed by atoms with E-state index in [1.807, 2.05) is 66.7 Å². The van der Waals surface area contributed by atoms with Crippen LogP contribution in [0.4, 0.5) is 0 Å². The number of esters is 1. The first-order valence-corrected chi connectivity index (χ1v) is 13.3. The topological polar surface area (TPSA) is 69.9 Å². The van der Waals surface area contributed by atoms with Gasteiger partial charge in [0, 0.05) is 9.13 Å². The fraction of sp³-hybridized carbons (Fsp3) is 0.179. The Bertz CT molecular complexity index is 1700. The first-order valence-electron chi connectivity index (χ1n) is 11.4. The zero-order chi connectivity index (χ0) is 25.4. The third-order valence-electron chi connectivity index (χ3n) is 6.11. The summed E-state index contributed by atoms with van der Waals surface area (Å²) < 4.78 is 14.5. The molecule has 6 nitrogen and oxygen atoms in total. The molecule has 0 spiro atoms. The number of carbonyl (C=O) groups is 1. The van der Waals surface area contributed by atoms with Crippen LogP contribution in [0.1, 0.15) is 31.0 Å². The molecule has 0 saturated carbocycles. The van der Waals surface area contributed by atoms with Gasteiger partial charge in [0.15, 0.2) is 4.80 Å². The third-order valence-corrected chi connectivity index (χ3v) is 7.81. The highest BCUT2D eigenvalue weighted by Gasteiger charge is 2.36. The lowest BCUT2D eigenvalue weighted by molar-refractivity contribution is -0.139. The van der Waals surface area contributed by atoms with E-state index in [4.69, 9.17) is 9.47 Å². The van der Waals surface area contributed by atoms with Gasteiger partial charge < -0.3 is 9.47 Å². The molecule has 0 bridgehead atoms. The van der Waals surface area contributed by atoms with Gasteiger partial charge in [-0.25, -0.2) is 9.79 Å². The molecule has 1 aliphatic heterocycles. The third kappa shape index (κ3) is 4.28. The van der Waals surface area contributed by atoms with Gasteiger partial charge in [0.25, 0.3) is 5.56 Å². The second-order valence-electron chi connectivity index (χ2n) is 8.26. The van der Waals surface area contributed by atoms with Crippen molar-refractivity contribution < 1.29 is 14.3 Å². The zero-order valence-electron chi connectivity index (χ0n) is 19.9. The summed E-state index contributed by atoms with van der Waals surface area (Å²) in [5, 5.41) is 1.87. The van der Waals surface area contributed by atoms with E-state index >= 15 is 0 Å². The van der Waals surface area contributed by atoms with Gasteiger partial charge in [-0.05, 0) is 77.0 Å². The fourth-order valence-electron chi connectivity index (χ4n) is 4.51. The van der Waals surface area contributed by atoms with Crippen molar-refractivity contribution in [1.82, 2.24) is 4.57 Å². The molecular weight excluding hydrogens is 587 g/mol. The molecular formula is C28H23IN2O4S. The minimum Gasteiger partial charge on any atom is -0.496 e. The summed E-state index contributed by atoms with van der Waals surface area (Å²) >= 11 is 3.56. The van der Waals surface area contributed by atoms with Gasteiger partial charge in [0.1, 0.15) is 11.8 Å². The van der Waals surface area contributed by atoms with Crippen molar-refractivity contribution in [1.29, 1.82) is 0 Å². The molecule has 0 aliphatic carbocycles. The molecule has 36 heavy (non-hydrogen) atoms. The van der Waals surface area contributed by atoms with Gasteiger partial charge in [-0.2, -0.15) is 0 Å². The minimum absolute atomic E-state index is 0.215. The van der Waals surface area contributed by atoms with E-state index in [9.17, 15) is 9.59 Å². The monoisotopic (exact) mass is 610 g/mol. The van der Waals surface area contributed by atoms with Gasteiger partial charge in [0.05, 0.1) is 29.5 Å². The summed E-state index contributed by atoms with van der Waals surface area (Å²) in [5.74, 6) is 0.0908. The van der Waals surface area contributed by atoms with Crippen molar-refractivity contribution in [3.63, 3.8) is 0 Å². The van der Waals surface area contributed by atoms with E-state index < -0.39 is 12.0 Å². The number of aromatic nitrogens is 1. The Labute approximate surface area is 225 Å². The van der Waals surface area contributed by atoms with Gasteiger partial charge >= 0.3 is 5.97 Å². The van der Waals surface area contributed by atoms with E-state index in [0.29, 0.717) is 26.4 Å². The van der Waals surface area contributed by atoms with E-state index in [-0.39, 0.29) is 12.2 Å². The summed E-state index contributed by atoms with van der Waals surface area (Å²) in [7, 11) is 1.59. The Morgan fingerprint density at radius 1 is 1.14 bits per heavy atom. The Balaban J connectivity index is 1.84. The molecule has 0 fully saturated rings. The number of ether oxygens (including phenoxy) is 2. The highest BCUT2D eigenvalue weighted by Crippen LogP contribution is 2.40. The largest absolute Gasteiger partial charge is 0.496 e. The first kappa shape index (κ1) is 24.5. The highest BCUT2D eigenvalue weighted by atomic mass is 127. The van der Waals surface area contributed by atoms with Crippen LogP contribution in [0.3, 0.4) is 0 Å². The summed E-state index contributed by atoms with van der Waals surface area (Å²) in [6, 6.07) is 18.9. The van der Waals surface area contributed by atoms with Crippen LogP contribution >= 0.6 is 33.9 Å². The summed E-state index contributed by atoms with van der Waals surface area (Å²) in [6.45, 7) is 3.76. The quantitative estimate of drug-likeness (QED) is 0.246. The summed E-state index contributed by atoms with van der Waals surface area (Å²) in [6.07, 6.45) is 1.86. The predicted octanol–water partition coefficient (Wildman–Crippen LogP) is 4.56. The number of thiazole rings is 1. The number of fused-ring (bicyclic) bond motifs is 2. The number of rotatable bonds is 5. The van der Waals surface area contributed by atoms with Crippen LogP contribution in [-0.2, 0) is 9.53 Å². The van der Waals surface area contributed by atoms with Gasteiger partial charge in [-0.1, -0.05) is 53.8 Å². The summed E-state index contributed by atoms with van der Waals surface area (Å²) in [4.78, 5) is 32.4. The number of hydrogen-bond donors (Lipinski definition) is 0. The molecule has 4 aromatic rings. The maximum Gasteiger partial charge on any atom is 0.338 e. The fourth-order valence-corrected chi connectivity index (χ4v) is 5.92. The number of nitrogens with zero attached hydrogens (tertiary/aromatic N) is 2. The minimum atomic E-state index is -0.750. The smallest absolute Gasteiger partial charge is 0.338 e. The van der Waals surface area contributed by atoms with Crippen LogP contribution in [0.5, 0.6) is 5.75 Å². The Hall–Kier alpha value is -3.24. The van der Waals surface area contributed by atoms with Crippen LogP contribution < -0.4 is 19.6 Å². The van der Waals surface area contributed by atoms with Gasteiger partial charge in [0.2, 0.25) is 0 Å². The van der Waals surface area contributed by atoms with Crippen LogP contribution in [0.15, 0.2) is 81.7 Å².